The summed E-state index contributed by atoms with van der Waals surface area (Å²) in [6.45, 7) is -2.53. The second kappa shape index (κ2) is 9.56. The van der Waals surface area contributed by atoms with Crippen LogP contribution in [-0.4, -0.2) is 38.7 Å². The molecule has 0 bridgehead atoms. The molecule has 0 aromatic heterocycles. The zero-order valence-electron chi connectivity index (χ0n) is 15.3. The lowest BCUT2D eigenvalue weighted by atomic mass is 10.1. The van der Waals surface area contributed by atoms with Crippen LogP contribution in [0.3, 0.4) is 0 Å². The largest absolute Gasteiger partial charge is 0.497 e. The van der Waals surface area contributed by atoms with Crippen molar-refractivity contribution < 1.29 is 27.8 Å². The van der Waals surface area contributed by atoms with E-state index in [-0.39, 0.29) is 11.7 Å². The fourth-order valence-corrected chi connectivity index (χ4v) is 2.35. The van der Waals surface area contributed by atoms with Crippen LogP contribution < -0.4 is 14.2 Å². The second-order valence-electron chi connectivity index (χ2n) is 5.70. The van der Waals surface area contributed by atoms with Gasteiger partial charge < -0.3 is 19.1 Å². The Hall–Kier alpha value is -3.09. The number of carbonyl (C=O) groups excluding carboxylic acids is 1. The molecule has 0 saturated carbocycles. The molecule has 1 amide bonds. The molecule has 0 aliphatic heterocycles. The molecular formula is C20H21F2NO4. The lowest BCUT2D eigenvalue weighted by molar-refractivity contribution is -0.125. The first-order valence-corrected chi connectivity index (χ1v) is 8.11. The van der Waals surface area contributed by atoms with Crippen molar-refractivity contribution in [2.75, 3.05) is 21.3 Å². The molecule has 0 atom stereocenters. The Morgan fingerprint density at radius 2 is 1.63 bits per heavy atom. The number of halogens is 2. The highest BCUT2D eigenvalue weighted by Gasteiger charge is 2.08. The molecule has 5 nitrogen and oxygen atoms in total. The van der Waals surface area contributed by atoms with Gasteiger partial charge in [0.1, 0.15) is 17.2 Å². The van der Waals surface area contributed by atoms with Gasteiger partial charge in [-0.3, -0.25) is 4.79 Å². The topological polar surface area (TPSA) is 48.0 Å². The molecule has 7 heteroatoms. The van der Waals surface area contributed by atoms with Gasteiger partial charge in [0, 0.05) is 25.7 Å². The van der Waals surface area contributed by atoms with E-state index in [4.69, 9.17) is 9.47 Å². The molecule has 0 spiro atoms. The van der Waals surface area contributed by atoms with Crippen LogP contribution in [0, 0.1) is 0 Å². The maximum atomic E-state index is 12.3. The summed E-state index contributed by atoms with van der Waals surface area (Å²) >= 11 is 0. The standard InChI is InChI=1S/C20H21F2NO4/c1-23(13-14-4-7-16(8-5-14)27-20(21)22)19(24)9-6-15-10-17(25-2)12-18(11-15)26-3/h4-12,20H,13H2,1-3H3/b9-6+. The van der Waals surface area contributed by atoms with Gasteiger partial charge >= 0.3 is 6.61 Å². The van der Waals surface area contributed by atoms with Crippen molar-refractivity contribution in [3.8, 4) is 17.2 Å². The number of ether oxygens (including phenoxy) is 3. The number of carbonyl (C=O) groups is 1. The van der Waals surface area contributed by atoms with Crippen molar-refractivity contribution in [3.63, 3.8) is 0 Å². The number of alkyl halides is 2. The van der Waals surface area contributed by atoms with E-state index in [0.29, 0.717) is 18.0 Å². The predicted molar refractivity (Wildman–Crippen MR) is 98.1 cm³/mol. The van der Waals surface area contributed by atoms with Crippen molar-refractivity contribution >= 4 is 12.0 Å². The summed E-state index contributed by atoms with van der Waals surface area (Å²) in [5, 5.41) is 0. The van der Waals surface area contributed by atoms with Crippen molar-refractivity contribution in [2.45, 2.75) is 13.2 Å². The fourth-order valence-electron chi connectivity index (χ4n) is 2.35. The molecule has 0 aliphatic rings. The van der Waals surface area contributed by atoms with Gasteiger partial charge in [-0.05, 0) is 41.5 Å². The highest BCUT2D eigenvalue weighted by molar-refractivity contribution is 5.91. The summed E-state index contributed by atoms with van der Waals surface area (Å²) < 4.78 is 39.0. The minimum Gasteiger partial charge on any atom is -0.497 e. The Kier molecular flexibility index (Phi) is 7.16. The molecular weight excluding hydrogens is 356 g/mol. The smallest absolute Gasteiger partial charge is 0.387 e. The first kappa shape index (κ1) is 20.2. The summed E-state index contributed by atoms with van der Waals surface area (Å²) in [5.74, 6) is 1.13. The summed E-state index contributed by atoms with van der Waals surface area (Å²) in [6, 6.07) is 11.5. The Bertz CT molecular complexity index is 769. The first-order chi connectivity index (χ1) is 12.9. The molecule has 144 valence electrons. The van der Waals surface area contributed by atoms with Gasteiger partial charge in [0.2, 0.25) is 5.91 Å². The minimum atomic E-state index is -2.86. The number of rotatable bonds is 8. The molecule has 27 heavy (non-hydrogen) atoms. The number of nitrogens with zero attached hydrogens (tertiary/aromatic N) is 1. The third kappa shape index (κ3) is 6.29. The van der Waals surface area contributed by atoms with Gasteiger partial charge in [0.25, 0.3) is 0 Å². The van der Waals surface area contributed by atoms with E-state index in [0.717, 1.165) is 11.1 Å². The fraction of sp³-hybridized carbons (Fsp3) is 0.250. The Morgan fingerprint density at radius 3 is 2.15 bits per heavy atom. The predicted octanol–water partition coefficient (Wildman–Crippen LogP) is 3.98. The van der Waals surface area contributed by atoms with Crippen molar-refractivity contribution in [3.05, 3.63) is 59.7 Å². The van der Waals surface area contributed by atoms with Crippen LogP contribution in [0.1, 0.15) is 11.1 Å². The molecule has 2 aromatic carbocycles. The normalized spacial score (nSPS) is 10.9. The molecule has 2 aromatic rings. The molecule has 2 rings (SSSR count). The van der Waals surface area contributed by atoms with Gasteiger partial charge in [-0.2, -0.15) is 8.78 Å². The van der Waals surface area contributed by atoms with E-state index in [1.165, 1.54) is 23.1 Å². The van der Waals surface area contributed by atoms with E-state index >= 15 is 0 Å². The zero-order valence-corrected chi connectivity index (χ0v) is 15.3. The van der Waals surface area contributed by atoms with E-state index < -0.39 is 6.61 Å². The lowest BCUT2D eigenvalue weighted by Gasteiger charge is -2.15. The van der Waals surface area contributed by atoms with Crippen LogP contribution in [0.5, 0.6) is 17.2 Å². The summed E-state index contributed by atoms with van der Waals surface area (Å²) in [4.78, 5) is 13.8. The molecule has 0 heterocycles. The van der Waals surface area contributed by atoms with E-state index in [1.54, 1.807) is 57.7 Å². The quantitative estimate of drug-likeness (QED) is 0.653. The lowest BCUT2D eigenvalue weighted by Crippen LogP contribution is -2.24. The van der Waals surface area contributed by atoms with Crippen LogP contribution in [0.15, 0.2) is 48.5 Å². The summed E-state index contributed by atoms with van der Waals surface area (Å²) in [7, 11) is 4.76. The molecule has 0 saturated heterocycles. The highest BCUT2D eigenvalue weighted by Crippen LogP contribution is 2.23. The third-order valence-electron chi connectivity index (χ3n) is 3.74. The van der Waals surface area contributed by atoms with E-state index in [1.807, 2.05) is 0 Å². The highest BCUT2D eigenvalue weighted by atomic mass is 19.3. The first-order valence-electron chi connectivity index (χ1n) is 8.11. The number of hydrogen-bond acceptors (Lipinski definition) is 4. The van der Waals surface area contributed by atoms with Gasteiger partial charge in [-0.1, -0.05) is 12.1 Å². The average molecular weight is 377 g/mol. The molecule has 0 N–H and O–H groups in total. The maximum absolute atomic E-state index is 12.3. The third-order valence-corrected chi connectivity index (χ3v) is 3.74. The molecule has 0 unspecified atom stereocenters. The summed E-state index contributed by atoms with van der Waals surface area (Å²) in [6.07, 6.45) is 3.12. The number of hydrogen-bond donors (Lipinski definition) is 0. The number of methoxy groups -OCH3 is 2. The number of benzene rings is 2. The van der Waals surface area contributed by atoms with Crippen molar-refractivity contribution in [1.82, 2.24) is 4.90 Å². The monoisotopic (exact) mass is 377 g/mol. The SMILES string of the molecule is COc1cc(/C=C/C(=O)N(C)Cc2ccc(OC(F)F)cc2)cc(OC)c1. The Labute approximate surface area is 156 Å². The van der Waals surface area contributed by atoms with Gasteiger partial charge in [0.05, 0.1) is 14.2 Å². The van der Waals surface area contributed by atoms with Gasteiger partial charge in [-0.25, -0.2) is 0 Å². The average Bonchev–Trinajstić information content (AvgIpc) is 2.66. The van der Waals surface area contributed by atoms with Crippen LogP contribution >= 0.6 is 0 Å². The van der Waals surface area contributed by atoms with E-state index in [2.05, 4.69) is 4.74 Å². The molecule has 0 radical (unpaired) electrons. The van der Waals surface area contributed by atoms with Crippen molar-refractivity contribution in [1.29, 1.82) is 0 Å². The second-order valence-corrected chi connectivity index (χ2v) is 5.70. The summed E-state index contributed by atoms with van der Waals surface area (Å²) in [5.41, 5.74) is 1.56. The number of likely N-dealkylation sites (N-methyl/N-ethyl adjacent to an activating group) is 1. The Morgan fingerprint density at radius 1 is 1.04 bits per heavy atom. The zero-order chi connectivity index (χ0) is 19.8. The number of amides is 1. The van der Waals surface area contributed by atoms with Crippen LogP contribution in [0.25, 0.3) is 6.08 Å². The van der Waals surface area contributed by atoms with Crippen LogP contribution in [0.4, 0.5) is 8.78 Å². The Balaban J connectivity index is 2.00. The molecule has 0 aliphatic carbocycles. The van der Waals surface area contributed by atoms with Crippen LogP contribution in [-0.2, 0) is 11.3 Å². The van der Waals surface area contributed by atoms with E-state index in [9.17, 15) is 13.6 Å². The maximum Gasteiger partial charge on any atom is 0.387 e. The van der Waals surface area contributed by atoms with Gasteiger partial charge in [0.15, 0.2) is 0 Å². The molecule has 0 fully saturated rings. The van der Waals surface area contributed by atoms with Crippen molar-refractivity contribution in [2.24, 2.45) is 0 Å². The van der Waals surface area contributed by atoms with Crippen LogP contribution in [0.2, 0.25) is 0 Å². The van der Waals surface area contributed by atoms with Gasteiger partial charge in [-0.15, -0.1) is 0 Å². The minimum absolute atomic E-state index is 0.0783.